The molecule has 28 heavy (non-hydrogen) atoms. The van der Waals surface area contributed by atoms with Gasteiger partial charge in [0.25, 0.3) is 0 Å². The van der Waals surface area contributed by atoms with E-state index in [0.29, 0.717) is 29.4 Å². The van der Waals surface area contributed by atoms with E-state index in [2.05, 4.69) is 6.58 Å². The minimum Gasteiger partial charge on any atom is -0.504 e. The molecule has 0 aliphatic carbocycles. The molecule has 2 aromatic rings. The standard InChI is InChI=1S/C22H28O6/c1-7-8-15-11-19(25-4)22(20(12-15)26-5)28-14(2)21(27-6)16-9-10-17(23)18(13-16)24-3/h7,9-14,21,23H,1,8H2,2-6H3/t14-,21+/m0/s1. The third-order valence-electron chi connectivity index (χ3n) is 4.42. The van der Waals surface area contributed by atoms with Crippen molar-refractivity contribution in [2.75, 3.05) is 28.4 Å². The lowest BCUT2D eigenvalue weighted by molar-refractivity contribution is 0.00727. The zero-order chi connectivity index (χ0) is 20.7. The van der Waals surface area contributed by atoms with Crippen LogP contribution < -0.4 is 18.9 Å². The fraction of sp³-hybridized carbons (Fsp3) is 0.364. The summed E-state index contributed by atoms with van der Waals surface area (Å²) in [6, 6.07) is 8.87. The molecule has 1 N–H and O–H groups in total. The molecule has 6 nitrogen and oxygen atoms in total. The quantitative estimate of drug-likeness (QED) is 0.612. The largest absolute Gasteiger partial charge is 0.504 e. The Morgan fingerprint density at radius 2 is 1.57 bits per heavy atom. The van der Waals surface area contributed by atoms with E-state index >= 15 is 0 Å². The van der Waals surface area contributed by atoms with Gasteiger partial charge in [-0.25, -0.2) is 0 Å². The molecule has 2 atom stereocenters. The van der Waals surface area contributed by atoms with Crippen LogP contribution in [-0.4, -0.2) is 39.6 Å². The van der Waals surface area contributed by atoms with Crippen molar-refractivity contribution < 1.29 is 28.8 Å². The van der Waals surface area contributed by atoms with Gasteiger partial charge in [-0.3, -0.25) is 0 Å². The van der Waals surface area contributed by atoms with E-state index in [9.17, 15) is 5.11 Å². The van der Waals surface area contributed by atoms with E-state index in [0.717, 1.165) is 11.1 Å². The Morgan fingerprint density at radius 1 is 0.964 bits per heavy atom. The predicted molar refractivity (Wildman–Crippen MR) is 108 cm³/mol. The van der Waals surface area contributed by atoms with E-state index in [1.807, 2.05) is 25.1 Å². The highest BCUT2D eigenvalue weighted by Crippen LogP contribution is 2.41. The highest BCUT2D eigenvalue weighted by Gasteiger charge is 2.25. The van der Waals surface area contributed by atoms with Gasteiger partial charge in [0.15, 0.2) is 23.0 Å². The Morgan fingerprint density at radius 3 is 2.07 bits per heavy atom. The van der Waals surface area contributed by atoms with Gasteiger partial charge in [0.1, 0.15) is 12.2 Å². The van der Waals surface area contributed by atoms with Gasteiger partial charge in [-0.05, 0) is 48.7 Å². The van der Waals surface area contributed by atoms with Crippen molar-refractivity contribution in [1.29, 1.82) is 0 Å². The first-order chi connectivity index (χ1) is 13.5. The Kier molecular flexibility index (Phi) is 7.58. The third-order valence-corrected chi connectivity index (χ3v) is 4.42. The molecule has 0 amide bonds. The molecule has 0 fully saturated rings. The first kappa shape index (κ1) is 21.4. The maximum atomic E-state index is 9.83. The number of benzene rings is 2. The van der Waals surface area contributed by atoms with Crippen molar-refractivity contribution >= 4 is 0 Å². The van der Waals surface area contributed by atoms with Crippen LogP contribution in [0, 0.1) is 0 Å². The topological polar surface area (TPSA) is 66.4 Å². The highest BCUT2D eigenvalue weighted by molar-refractivity contribution is 5.54. The van der Waals surface area contributed by atoms with Crippen LogP contribution in [-0.2, 0) is 11.2 Å². The van der Waals surface area contributed by atoms with Crippen LogP contribution in [0.15, 0.2) is 43.0 Å². The highest BCUT2D eigenvalue weighted by atomic mass is 16.6. The molecule has 0 saturated carbocycles. The van der Waals surface area contributed by atoms with Crippen LogP contribution in [0.4, 0.5) is 0 Å². The molecular formula is C22H28O6. The number of allylic oxidation sites excluding steroid dienone is 1. The average molecular weight is 388 g/mol. The van der Waals surface area contributed by atoms with Gasteiger partial charge in [-0.2, -0.15) is 0 Å². The lowest BCUT2D eigenvalue weighted by atomic mass is 10.0. The molecular weight excluding hydrogens is 360 g/mol. The summed E-state index contributed by atoms with van der Waals surface area (Å²) in [6.07, 6.45) is 1.72. The van der Waals surface area contributed by atoms with Crippen molar-refractivity contribution in [3.8, 4) is 28.7 Å². The molecule has 0 aromatic heterocycles. The number of rotatable bonds is 10. The van der Waals surface area contributed by atoms with Crippen LogP contribution >= 0.6 is 0 Å². The van der Waals surface area contributed by atoms with Crippen molar-refractivity contribution in [1.82, 2.24) is 0 Å². The molecule has 152 valence electrons. The van der Waals surface area contributed by atoms with Gasteiger partial charge < -0.3 is 28.8 Å². The summed E-state index contributed by atoms with van der Waals surface area (Å²) in [4.78, 5) is 0. The molecule has 0 unspecified atom stereocenters. The number of phenolic OH excluding ortho intramolecular Hbond substituents is 1. The average Bonchev–Trinajstić information content (AvgIpc) is 2.70. The lowest BCUT2D eigenvalue weighted by Crippen LogP contribution is -2.24. The summed E-state index contributed by atoms with van der Waals surface area (Å²) in [5, 5.41) is 9.83. The van der Waals surface area contributed by atoms with Crippen LogP contribution in [0.2, 0.25) is 0 Å². The molecule has 0 radical (unpaired) electrons. The van der Waals surface area contributed by atoms with Crippen LogP contribution in [0.25, 0.3) is 0 Å². The van der Waals surface area contributed by atoms with Gasteiger partial charge in [-0.15, -0.1) is 6.58 Å². The normalized spacial score (nSPS) is 12.8. The molecule has 0 aliphatic heterocycles. The van der Waals surface area contributed by atoms with E-state index in [-0.39, 0.29) is 11.9 Å². The fourth-order valence-electron chi connectivity index (χ4n) is 3.05. The second-order valence-corrected chi connectivity index (χ2v) is 6.23. The molecule has 2 rings (SSSR count). The van der Waals surface area contributed by atoms with Crippen molar-refractivity contribution in [2.45, 2.75) is 25.6 Å². The summed E-state index contributed by atoms with van der Waals surface area (Å²) in [5.74, 6) is 2.08. The number of phenols is 1. The Labute approximate surface area is 166 Å². The molecule has 0 bridgehead atoms. The number of ether oxygens (including phenoxy) is 5. The summed E-state index contributed by atoms with van der Waals surface area (Å²) in [7, 11) is 6.28. The minimum atomic E-state index is -0.406. The monoisotopic (exact) mass is 388 g/mol. The molecule has 6 heteroatoms. The lowest BCUT2D eigenvalue weighted by Gasteiger charge is -2.26. The number of methoxy groups -OCH3 is 4. The summed E-state index contributed by atoms with van der Waals surface area (Å²) in [5.41, 5.74) is 1.82. The summed E-state index contributed by atoms with van der Waals surface area (Å²) >= 11 is 0. The summed E-state index contributed by atoms with van der Waals surface area (Å²) in [6.45, 7) is 5.66. The SMILES string of the molecule is C=CCc1cc(OC)c(O[C@@H](C)[C@@H](OC)c2ccc(O)c(OC)c2)c(OC)c1. The maximum absolute atomic E-state index is 9.83. The maximum Gasteiger partial charge on any atom is 0.203 e. The van der Waals surface area contributed by atoms with Crippen LogP contribution in [0.3, 0.4) is 0 Å². The number of hydrogen-bond acceptors (Lipinski definition) is 6. The second kappa shape index (κ2) is 9.90. The second-order valence-electron chi connectivity index (χ2n) is 6.23. The number of hydrogen-bond donors (Lipinski definition) is 1. The fourth-order valence-corrected chi connectivity index (χ4v) is 3.05. The predicted octanol–water partition coefficient (Wildman–Crippen LogP) is 4.30. The Balaban J connectivity index is 2.36. The van der Waals surface area contributed by atoms with Gasteiger partial charge in [0, 0.05) is 7.11 Å². The number of aromatic hydroxyl groups is 1. The molecule has 0 heterocycles. The van der Waals surface area contributed by atoms with Gasteiger partial charge in [0.05, 0.1) is 21.3 Å². The zero-order valence-corrected chi connectivity index (χ0v) is 17.0. The van der Waals surface area contributed by atoms with E-state index < -0.39 is 6.10 Å². The van der Waals surface area contributed by atoms with Gasteiger partial charge in [0.2, 0.25) is 5.75 Å². The van der Waals surface area contributed by atoms with E-state index in [4.69, 9.17) is 23.7 Å². The van der Waals surface area contributed by atoms with E-state index in [1.165, 1.54) is 7.11 Å². The minimum absolute atomic E-state index is 0.0656. The Bertz CT molecular complexity index is 777. The van der Waals surface area contributed by atoms with Crippen molar-refractivity contribution in [3.63, 3.8) is 0 Å². The molecule has 0 aliphatic rings. The van der Waals surface area contributed by atoms with Gasteiger partial charge >= 0.3 is 0 Å². The summed E-state index contributed by atoms with van der Waals surface area (Å²) < 4.78 is 28.1. The zero-order valence-electron chi connectivity index (χ0n) is 17.0. The van der Waals surface area contributed by atoms with Crippen LogP contribution in [0.1, 0.15) is 24.2 Å². The first-order valence-corrected chi connectivity index (χ1v) is 8.91. The third kappa shape index (κ3) is 4.70. The van der Waals surface area contributed by atoms with Crippen LogP contribution in [0.5, 0.6) is 28.7 Å². The molecule has 2 aromatic carbocycles. The molecule has 0 saturated heterocycles. The Hall–Kier alpha value is -2.86. The van der Waals surface area contributed by atoms with E-state index in [1.54, 1.807) is 39.5 Å². The van der Waals surface area contributed by atoms with Crippen molar-refractivity contribution in [2.24, 2.45) is 0 Å². The molecule has 0 spiro atoms. The van der Waals surface area contributed by atoms with Crippen molar-refractivity contribution in [3.05, 3.63) is 54.1 Å². The smallest absolute Gasteiger partial charge is 0.203 e. The first-order valence-electron chi connectivity index (χ1n) is 8.91. The van der Waals surface area contributed by atoms with Gasteiger partial charge in [-0.1, -0.05) is 12.1 Å².